The predicted octanol–water partition coefficient (Wildman–Crippen LogP) is 2.19. The lowest BCUT2D eigenvalue weighted by molar-refractivity contribution is -0.385. The molecule has 0 fully saturated rings. The molecule has 0 spiro atoms. The van der Waals surface area contributed by atoms with E-state index >= 15 is 0 Å². The van der Waals surface area contributed by atoms with Crippen molar-refractivity contribution in [2.24, 2.45) is 5.92 Å². The smallest absolute Gasteiger partial charge is 0.311 e. The van der Waals surface area contributed by atoms with Gasteiger partial charge in [0, 0.05) is 30.6 Å². The molecule has 19 heavy (non-hydrogen) atoms. The van der Waals surface area contributed by atoms with Crippen LogP contribution < -0.4 is 4.74 Å². The van der Waals surface area contributed by atoms with Crippen molar-refractivity contribution in [1.29, 1.82) is 0 Å². The average Bonchev–Trinajstić information content (AvgIpc) is 2.38. The number of ketones is 1. The summed E-state index contributed by atoms with van der Waals surface area (Å²) in [6.07, 6.45) is 0.393. The molecule has 1 aromatic carbocycles. The minimum absolute atomic E-state index is 0.0439. The number of rotatable bonds is 7. The Labute approximate surface area is 111 Å². The molecule has 0 saturated carbocycles. The first-order valence-corrected chi connectivity index (χ1v) is 6.03. The van der Waals surface area contributed by atoms with Gasteiger partial charge in [-0.25, -0.2) is 0 Å². The van der Waals surface area contributed by atoms with E-state index in [1.165, 1.54) is 18.2 Å². The molecule has 0 atom stereocenters. The van der Waals surface area contributed by atoms with Crippen molar-refractivity contribution in [3.05, 3.63) is 33.9 Å². The number of nitrogens with zero attached hydrogens (tertiary/aromatic N) is 1. The van der Waals surface area contributed by atoms with Gasteiger partial charge < -0.3 is 9.84 Å². The summed E-state index contributed by atoms with van der Waals surface area (Å²) < 4.78 is 5.22. The SMILES string of the molecule is CC(C)C(=O)c1ccc(OCCCO)c([N+](=O)[O-])c1. The molecule has 0 saturated heterocycles. The van der Waals surface area contributed by atoms with Crippen molar-refractivity contribution in [2.75, 3.05) is 13.2 Å². The van der Waals surface area contributed by atoms with Crippen molar-refractivity contribution in [2.45, 2.75) is 20.3 Å². The Bertz CT molecular complexity index is 470. The number of hydrogen-bond donors (Lipinski definition) is 1. The number of nitro groups is 1. The van der Waals surface area contributed by atoms with Gasteiger partial charge in [0.05, 0.1) is 11.5 Å². The molecule has 6 nitrogen and oxygen atoms in total. The quantitative estimate of drug-likeness (QED) is 0.354. The van der Waals surface area contributed by atoms with E-state index in [9.17, 15) is 14.9 Å². The Hall–Kier alpha value is -1.95. The summed E-state index contributed by atoms with van der Waals surface area (Å²) in [4.78, 5) is 22.2. The fourth-order valence-corrected chi connectivity index (χ4v) is 1.52. The molecule has 0 aliphatic rings. The summed E-state index contributed by atoms with van der Waals surface area (Å²) in [6.45, 7) is 3.62. The number of Topliss-reactive ketones (excluding diaryl/α,β-unsaturated/α-hetero) is 1. The Kier molecular flexibility index (Phi) is 5.44. The lowest BCUT2D eigenvalue weighted by Gasteiger charge is -2.08. The van der Waals surface area contributed by atoms with E-state index in [0.29, 0.717) is 12.0 Å². The maximum absolute atomic E-state index is 11.8. The molecule has 0 aliphatic heterocycles. The standard InChI is InChI=1S/C13H17NO5/c1-9(2)13(16)10-4-5-12(19-7-3-6-15)11(8-10)14(17)18/h4-5,8-9,15H,3,6-7H2,1-2H3. The number of carbonyl (C=O) groups is 1. The summed E-state index contributed by atoms with van der Waals surface area (Å²) in [5.41, 5.74) is 0.0700. The molecule has 0 aromatic heterocycles. The minimum atomic E-state index is -0.578. The third kappa shape index (κ3) is 4.03. The normalized spacial score (nSPS) is 10.5. The first kappa shape index (κ1) is 15.1. The van der Waals surface area contributed by atoms with Crippen molar-refractivity contribution in [1.82, 2.24) is 0 Å². The maximum Gasteiger partial charge on any atom is 0.311 e. The third-order valence-electron chi connectivity index (χ3n) is 2.52. The van der Waals surface area contributed by atoms with Crippen LogP contribution in [-0.4, -0.2) is 29.0 Å². The van der Waals surface area contributed by atoms with E-state index in [1.54, 1.807) is 13.8 Å². The lowest BCUT2D eigenvalue weighted by atomic mass is 10.0. The van der Waals surface area contributed by atoms with Crippen molar-refractivity contribution in [3.8, 4) is 5.75 Å². The van der Waals surface area contributed by atoms with Gasteiger partial charge in [0.2, 0.25) is 0 Å². The van der Waals surface area contributed by atoms with Gasteiger partial charge in [0.1, 0.15) is 0 Å². The summed E-state index contributed by atoms with van der Waals surface area (Å²) in [7, 11) is 0. The average molecular weight is 267 g/mol. The zero-order chi connectivity index (χ0) is 14.4. The number of benzene rings is 1. The fourth-order valence-electron chi connectivity index (χ4n) is 1.52. The van der Waals surface area contributed by atoms with Crippen LogP contribution >= 0.6 is 0 Å². The topological polar surface area (TPSA) is 89.7 Å². The second-order valence-corrected chi connectivity index (χ2v) is 4.38. The lowest BCUT2D eigenvalue weighted by Crippen LogP contribution is -2.09. The highest BCUT2D eigenvalue weighted by molar-refractivity contribution is 5.98. The molecule has 0 bridgehead atoms. The van der Waals surface area contributed by atoms with Gasteiger partial charge in [0.25, 0.3) is 0 Å². The van der Waals surface area contributed by atoms with E-state index in [0.717, 1.165) is 0 Å². The van der Waals surface area contributed by atoms with Gasteiger partial charge in [-0.1, -0.05) is 13.8 Å². The van der Waals surface area contributed by atoms with E-state index in [-0.39, 0.29) is 36.4 Å². The van der Waals surface area contributed by atoms with E-state index < -0.39 is 4.92 Å². The van der Waals surface area contributed by atoms with Gasteiger partial charge in [-0.2, -0.15) is 0 Å². The zero-order valence-electron chi connectivity index (χ0n) is 11.0. The van der Waals surface area contributed by atoms with Gasteiger partial charge in [-0.05, 0) is 12.1 Å². The molecule has 1 N–H and O–H groups in total. The molecule has 6 heteroatoms. The van der Waals surface area contributed by atoms with Crippen LogP contribution in [0.4, 0.5) is 5.69 Å². The summed E-state index contributed by atoms with van der Waals surface area (Å²) in [5.74, 6) is -0.260. The molecule has 0 amide bonds. The third-order valence-corrected chi connectivity index (χ3v) is 2.52. The minimum Gasteiger partial charge on any atom is -0.487 e. The van der Waals surface area contributed by atoms with Gasteiger partial charge in [0.15, 0.2) is 11.5 Å². The monoisotopic (exact) mass is 267 g/mol. The van der Waals surface area contributed by atoms with Crippen LogP contribution in [0.15, 0.2) is 18.2 Å². The van der Waals surface area contributed by atoms with Gasteiger partial charge in [-0.15, -0.1) is 0 Å². The number of hydrogen-bond acceptors (Lipinski definition) is 5. The Morgan fingerprint density at radius 1 is 1.47 bits per heavy atom. The fraction of sp³-hybridized carbons (Fsp3) is 0.462. The number of carbonyl (C=O) groups excluding carboxylic acids is 1. The molecule has 0 heterocycles. The van der Waals surface area contributed by atoms with Crippen LogP contribution in [-0.2, 0) is 0 Å². The zero-order valence-corrected chi connectivity index (χ0v) is 11.0. The summed E-state index contributed by atoms with van der Waals surface area (Å²) in [5, 5.41) is 19.6. The molecular formula is C13H17NO5. The Morgan fingerprint density at radius 2 is 2.16 bits per heavy atom. The van der Waals surface area contributed by atoms with Gasteiger partial charge in [-0.3, -0.25) is 14.9 Å². The first-order chi connectivity index (χ1) is 8.97. The van der Waals surface area contributed by atoms with Crippen LogP contribution in [0.2, 0.25) is 0 Å². The van der Waals surface area contributed by atoms with E-state index in [4.69, 9.17) is 9.84 Å². The van der Waals surface area contributed by atoms with E-state index in [1.807, 2.05) is 0 Å². The highest BCUT2D eigenvalue weighted by Gasteiger charge is 2.19. The van der Waals surface area contributed by atoms with Crippen LogP contribution in [0.1, 0.15) is 30.6 Å². The van der Waals surface area contributed by atoms with Crippen LogP contribution in [0.5, 0.6) is 5.75 Å². The Balaban J connectivity index is 3.01. The molecular weight excluding hydrogens is 250 g/mol. The second kappa shape index (κ2) is 6.84. The van der Waals surface area contributed by atoms with Crippen molar-refractivity contribution >= 4 is 11.5 Å². The number of aliphatic hydroxyl groups excluding tert-OH is 1. The molecule has 0 unspecified atom stereocenters. The first-order valence-electron chi connectivity index (χ1n) is 6.03. The van der Waals surface area contributed by atoms with Crippen LogP contribution in [0, 0.1) is 16.0 Å². The predicted molar refractivity (Wildman–Crippen MR) is 69.5 cm³/mol. The molecule has 0 radical (unpaired) electrons. The van der Waals surface area contributed by atoms with E-state index in [2.05, 4.69) is 0 Å². The molecule has 1 rings (SSSR count). The van der Waals surface area contributed by atoms with Crippen LogP contribution in [0.25, 0.3) is 0 Å². The molecule has 104 valence electrons. The Morgan fingerprint density at radius 3 is 2.68 bits per heavy atom. The molecule has 0 aliphatic carbocycles. The van der Waals surface area contributed by atoms with Crippen molar-refractivity contribution in [3.63, 3.8) is 0 Å². The van der Waals surface area contributed by atoms with Gasteiger partial charge >= 0.3 is 5.69 Å². The summed E-state index contributed by atoms with van der Waals surface area (Å²) >= 11 is 0. The molecule has 1 aromatic rings. The maximum atomic E-state index is 11.8. The van der Waals surface area contributed by atoms with Crippen LogP contribution in [0.3, 0.4) is 0 Å². The van der Waals surface area contributed by atoms with Crippen molar-refractivity contribution < 1.29 is 19.6 Å². The highest BCUT2D eigenvalue weighted by atomic mass is 16.6. The largest absolute Gasteiger partial charge is 0.487 e. The number of nitro benzene ring substituents is 1. The highest BCUT2D eigenvalue weighted by Crippen LogP contribution is 2.29. The number of aliphatic hydroxyl groups is 1. The second-order valence-electron chi connectivity index (χ2n) is 4.38. The summed E-state index contributed by atoms with van der Waals surface area (Å²) in [6, 6.07) is 4.17. The number of ether oxygens (including phenoxy) is 1.